The zero-order chi connectivity index (χ0) is 12.4. The molecule has 1 aromatic carbocycles. The zero-order valence-electron chi connectivity index (χ0n) is 9.98. The van der Waals surface area contributed by atoms with Gasteiger partial charge in [-0.2, -0.15) is 0 Å². The lowest BCUT2D eigenvalue weighted by Crippen LogP contribution is -2.09. The normalized spacial score (nSPS) is 10.5. The first kappa shape index (κ1) is 11.9. The van der Waals surface area contributed by atoms with Crippen molar-refractivity contribution in [2.45, 2.75) is 4.90 Å². The molecule has 0 bridgehead atoms. The van der Waals surface area contributed by atoms with Gasteiger partial charge >= 0.3 is 0 Å². The number of rotatable bonds is 3. The second kappa shape index (κ2) is 4.71. The monoisotopic (exact) mass is 250 g/mol. The zero-order valence-corrected chi connectivity index (χ0v) is 10.8. The Bertz CT molecular complexity index is 586. The molecule has 2 rings (SSSR count). The lowest BCUT2D eigenvalue weighted by Gasteiger charge is -2.07. The summed E-state index contributed by atoms with van der Waals surface area (Å²) in [6, 6.07) is 7.47. The van der Waals surface area contributed by atoms with E-state index in [4.69, 9.17) is 4.74 Å². The minimum absolute atomic E-state index is 0.0482. The average molecular weight is 250 g/mol. The number of H-pyrrole nitrogens is 1. The highest BCUT2D eigenvalue weighted by molar-refractivity contribution is 7.98. The quantitative estimate of drug-likeness (QED) is 0.849. The molecule has 0 saturated carbocycles. The molecule has 5 heteroatoms. The molecule has 0 spiro atoms. The van der Waals surface area contributed by atoms with Crippen LogP contribution >= 0.6 is 11.8 Å². The van der Waals surface area contributed by atoms with Crippen LogP contribution in [0.3, 0.4) is 0 Å². The third-order valence-electron chi connectivity index (χ3n) is 2.58. The Morgan fingerprint density at radius 1 is 1.35 bits per heavy atom. The van der Waals surface area contributed by atoms with Gasteiger partial charge in [-0.15, -0.1) is 11.8 Å². The molecule has 4 nitrogen and oxygen atoms in total. The average Bonchev–Trinajstić information content (AvgIpc) is 2.68. The van der Waals surface area contributed by atoms with Crippen LogP contribution in [0.2, 0.25) is 0 Å². The molecule has 0 saturated heterocycles. The molecule has 0 radical (unpaired) electrons. The molecule has 1 N–H and O–H groups in total. The molecule has 0 fully saturated rings. The Morgan fingerprint density at radius 2 is 2.12 bits per heavy atom. The van der Waals surface area contributed by atoms with Crippen molar-refractivity contribution in [2.24, 2.45) is 7.05 Å². The minimum atomic E-state index is -0.0482. The van der Waals surface area contributed by atoms with E-state index in [9.17, 15) is 4.79 Å². The predicted molar refractivity (Wildman–Crippen MR) is 69.8 cm³/mol. The molecule has 17 heavy (non-hydrogen) atoms. The first-order valence-electron chi connectivity index (χ1n) is 5.14. The number of aryl methyl sites for hydroxylation is 1. The van der Waals surface area contributed by atoms with Crippen molar-refractivity contribution in [1.82, 2.24) is 9.78 Å². The van der Waals surface area contributed by atoms with Crippen molar-refractivity contribution in [3.05, 3.63) is 34.6 Å². The molecular weight excluding hydrogens is 236 g/mol. The minimum Gasteiger partial charge on any atom is -0.496 e. The smallest absolute Gasteiger partial charge is 0.266 e. The Kier molecular flexibility index (Phi) is 3.28. The summed E-state index contributed by atoms with van der Waals surface area (Å²) in [4.78, 5) is 12.5. The largest absolute Gasteiger partial charge is 0.496 e. The van der Waals surface area contributed by atoms with Crippen molar-refractivity contribution in [1.29, 1.82) is 0 Å². The Labute approximate surface area is 104 Å². The number of ether oxygens (including phenoxy) is 1. The summed E-state index contributed by atoms with van der Waals surface area (Å²) in [6.45, 7) is 0. The van der Waals surface area contributed by atoms with Gasteiger partial charge in [0.2, 0.25) is 0 Å². The van der Waals surface area contributed by atoms with Crippen LogP contribution in [0, 0.1) is 0 Å². The highest BCUT2D eigenvalue weighted by Crippen LogP contribution is 2.31. The van der Waals surface area contributed by atoms with E-state index < -0.39 is 0 Å². The molecule has 1 heterocycles. The predicted octanol–water partition coefficient (Wildman–Crippen LogP) is 2.11. The summed E-state index contributed by atoms with van der Waals surface area (Å²) in [5, 5.41) is 2.99. The lowest BCUT2D eigenvalue weighted by molar-refractivity contribution is 0.405. The molecule has 1 aromatic heterocycles. The number of hydrogen-bond acceptors (Lipinski definition) is 3. The van der Waals surface area contributed by atoms with Crippen LogP contribution in [-0.4, -0.2) is 23.1 Å². The summed E-state index contributed by atoms with van der Waals surface area (Å²) < 4.78 is 6.76. The molecule has 0 atom stereocenters. The van der Waals surface area contributed by atoms with E-state index >= 15 is 0 Å². The third kappa shape index (κ3) is 2.24. The van der Waals surface area contributed by atoms with Crippen molar-refractivity contribution in [3.8, 4) is 17.0 Å². The molecule has 90 valence electrons. The number of hydrogen-bond donors (Lipinski definition) is 1. The van der Waals surface area contributed by atoms with Crippen molar-refractivity contribution >= 4 is 11.8 Å². The van der Waals surface area contributed by atoms with Gasteiger partial charge in [0.05, 0.1) is 12.8 Å². The van der Waals surface area contributed by atoms with E-state index in [1.54, 1.807) is 32.0 Å². The van der Waals surface area contributed by atoms with Crippen LogP contribution in [0.25, 0.3) is 11.3 Å². The maximum Gasteiger partial charge on any atom is 0.266 e. The molecule has 2 aromatic rings. The van der Waals surface area contributed by atoms with E-state index in [-0.39, 0.29) is 5.56 Å². The lowest BCUT2D eigenvalue weighted by atomic mass is 10.1. The third-order valence-corrected chi connectivity index (χ3v) is 3.36. The Morgan fingerprint density at radius 3 is 2.65 bits per heavy atom. The second-order valence-electron chi connectivity index (χ2n) is 3.64. The van der Waals surface area contributed by atoms with Crippen LogP contribution in [0.15, 0.2) is 34.0 Å². The van der Waals surface area contributed by atoms with Gasteiger partial charge in [0, 0.05) is 23.6 Å². The molecule has 0 aliphatic carbocycles. The number of methoxy groups -OCH3 is 1. The van der Waals surface area contributed by atoms with E-state index in [0.717, 1.165) is 21.9 Å². The van der Waals surface area contributed by atoms with Crippen LogP contribution in [0.1, 0.15) is 0 Å². The Hall–Kier alpha value is -1.62. The summed E-state index contributed by atoms with van der Waals surface area (Å²) in [5.74, 6) is 0.819. The highest BCUT2D eigenvalue weighted by atomic mass is 32.2. The molecule has 0 unspecified atom stereocenters. The van der Waals surface area contributed by atoms with E-state index in [1.807, 2.05) is 24.5 Å². The fraction of sp³-hybridized carbons (Fsp3) is 0.250. The van der Waals surface area contributed by atoms with Gasteiger partial charge in [-0.25, -0.2) is 0 Å². The SMILES string of the molecule is COc1cc(-c2cc(=O)n(C)[nH]2)ccc1SC. The van der Waals surface area contributed by atoms with Gasteiger partial charge in [-0.05, 0) is 18.4 Å². The number of aromatic nitrogens is 2. The number of nitrogens with zero attached hydrogens (tertiary/aromatic N) is 1. The van der Waals surface area contributed by atoms with E-state index in [0.29, 0.717) is 0 Å². The van der Waals surface area contributed by atoms with Gasteiger partial charge in [-0.3, -0.25) is 14.6 Å². The van der Waals surface area contributed by atoms with Crippen molar-refractivity contribution < 1.29 is 4.74 Å². The van der Waals surface area contributed by atoms with Crippen LogP contribution in [-0.2, 0) is 7.05 Å². The van der Waals surface area contributed by atoms with Gasteiger partial charge in [0.1, 0.15) is 5.75 Å². The maximum atomic E-state index is 11.4. The van der Waals surface area contributed by atoms with Crippen LogP contribution < -0.4 is 10.3 Å². The first-order valence-corrected chi connectivity index (χ1v) is 6.36. The molecule has 0 aliphatic heterocycles. The summed E-state index contributed by atoms with van der Waals surface area (Å²) in [5.41, 5.74) is 1.69. The number of nitrogens with one attached hydrogen (secondary N) is 1. The van der Waals surface area contributed by atoms with Crippen LogP contribution in [0.4, 0.5) is 0 Å². The first-order chi connectivity index (χ1) is 8.15. The van der Waals surface area contributed by atoms with Gasteiger partial charge < -0.3 is 4.74 Å². The number of thioether (sulfide) groups is 1. The highest BCUT2D eigenvalue weighted by Gasteiger charge is 2.07. The summed E-state index contributed by atoms with van der Waals surface area (Å²) >= 11 is 1.63. The second-order valence-corrected chi connectivity index (χ2v) is 4.48. The van der Waals surface area contributed by atoms with Gasteiger partial charge in [0.15, 0.2) is 0 Å². The summed E-state index contributed by atoms with van der Waals surface area (Å²) in [6.07, 6.45) is 2.00. The molecule has 0 aliphatic rings. The van der Waals surface area contributed by atoms with E-state index in [2.05, 4.69) is 5.10 Å². The topological polar surface area (TPSA) is 47.0 Å². The van der Waals surface area contributed by atoms with Crippen molar-refractivity contribution in [3.63, 3.8) is 0 Å². The van der Waals surface area contributed by atoms with Gasteiger partial charge in [-0.1, -0.05) is 6.07 Å². The Balaban J connectivity index is 2.49. The molecule has 0 amide bonds. The van der Waals surface area contributed by atoms with E-state index in [1.165, 1.54) is 4.68 Å². The fourth-order valence-electron chi connectivity index (χ4n) is 1.64. The number of benzene rings is 1. The molecular formula is C12H14N2O2S. The number of aromatic amines is 1. The summed E-state index contributed by atoms with van der Waals surface area (Å²) in [7, 11) is 3.34. The van der Waals surface area contributed by atoms with Gasteiger partial charge in [0.25, 0.3) is 5.56 Å². The standard InChI is InChI=1S/C12H14N2O2S/c1-14-12(15)7-9(13-14)8-4-5-11(17-3)10(6-8)16-2/h4-7,13H,1-3H3. The van der Waals surface area contributed by atoms with Crippen molar-refractivity contribution in [2.75, 3.05) is 13.4 Å². The fourth-order valence-corrected chi connectivity index (χ4v) is 2.19. The maximum absolute atomic E-state index is 11.4. The van der Waals surface area contributed by atoms with Crippen LogP contribution in [0.5, 0.6) is 5.75 Å².